The number of nitrogens with zero attached hydrogens (tertiary/aromatic N) is 1. The van der Waals surface area contributed by atoms with Crippen molar-refractivity contribution in [2.75, 3.05) is 20.6 Å². The zero-order valence-electron chi connectivity index (χ0n) is 11.3. The lowest BCUT2D eigenvalue weighted by atomic mass is 10.2. The molecule has 0 N–H and O–H groups in total. The summed E-state index contributed by atoms with van der Waals surface area (Å²) >= 11 is 0. The van der Waals surface area contributed by atoms with E-state index in [0.717, 1.165) is 18.5 Å². The van der Waals surface area contributed by atoms with Gasteiger partial charge in [-0.05, 0) is 33.0 Å². The lowest BCUT2D eigenvalue weighted by molar-refractivity contribution is -0.140. The Morgan fingerprint density at radius 3 is 2.56 bits per heavy atom. The fourth-order valence-corrected chi connectivity index (χ4v) is 1.46. The summed E-state index contributed by atoms with van der Waals surface area (Å²) in [5.41, 5.74) is 1.68. The molecule has 1 aromatic rings. The van der Waals surface area contributed by atoms with Crippen molar-refractivity contribution < 1.29 is 9.53 Å². The normalized spacial score (nSPS) is 11.7. The third kappa shape index (κ3) is 5.64. The van der Waals surface area contributed by atoms with Gasteiger partial charge in [0, 0.05) is 12.1 Å². The van der Waals surface area contributed by atoms with Gasteiger partial charge in [0.25, 0.3) is 0 Å². The molecule has 0 aliphatic heterocycles. The van der Waals surface area contributed by atoms with Crippen LogP contribution < -0.4 is 0 Å². The standard InChI is InChI=1S/C15H21NO2/c1-13(8-7-11-16(2)3)15(17)18-12-14-9-5-4-6-10-14/h4-6,8-10H,7,11-12H2,1-3H3. The van der Waals surface area contributed by atoms with E-state index in [1.54, 1.807) is 6.92 Å². The molecule has 1 rings (SSSR count). The number of hydrogen-bond acceptors (Lipinski definition) is 3. The second kappa shape index (κ2) is 7.67. The molecule has 0 heterocycles. The molecule has 0 saturated carbocycles. The predicted molar refractivity (Wildman–Crippen MR) is 73.2 cm³/mol. The van der Waals surface area contributed by atoms with Gasteiger partial charge in [-0.25, -0.2) is 4.79 Å². The Morgan fingerprint density at radius 2 is 1.94 bits per heavy atom. The zero-order valence-corrected chi connectivity index (χ0v) is 11.3. The molecule has 98 valence electrons. The van der Waals surface area contributed by atoms with Crippen LogP contribution in [0.25, 0.3) is 0 Å². The number of ether oxygens (including phenoxy) is 1. The van der Waals surface area contributed by atoms with Crippen molar-refractivity contribution >= 4 is 5.97 Å². The summed E-state index contributed by atoms with van der Waals surface area (Å²) in [6, 6.07) is 9.69. The van der Waals surface area contributed by atoms with Gasteiger partial charge in [0.05, 0.1) is 0 Å². The van der Waals surface area contributed by atoms with Crippen LogP contribution in [0.5, 0.6) is 0 Å². The molecule has 3 nitrogen and oxygen atoms in total. The quantitative estimate of drug-likeness (QED) is 0.571. The molecule has 0 radical (unpaired) electrons. The van der Waals surface area contributed by atoms with Crippen molar-refractivity contribution in [3.8, 4) is 0 Å². The Morgan fingerprint density at radius 1 is 1.28 bits per heavy atom. The SMILES string of the molecule is CC(=CCCN(C)C)C(=O)OCc1ccccc1. The van der Waals surface area contributed by atoms with E-state index >= 15 is 0 Å². The van der Waals surface area contributed by atoms with E-state index in [0.29, 0.717) is 12.2 Å². The van der Waals surface area contributed by atoms with Crippen LogP contribution in [-0.4, -0.2) is 31.5 Å². The van der Waals surface area contributed by atoms with E-state index in [2.05, 4.69) is 4.90 Å². The zero-order chi connectivity index (χ0) is 13.4. The van der Waals surface area contributed by atoms with E-state index in [9.17, 15) is 4.79 Å². The highest BCUT2D eigenvalue weighted by Gasteiger charge is 2.05. The van der Waals surface area contributed by atoms with Crippen molar-refractivity contribution in [2.45, 2.75) is 20.0 Å². The highest BCUT2D eigenvalue weighted by Crippen LogP contribution is 2.05. The minimum atomic E-state index is -0.238. The van der Waals surface area contributed by atoms with E-state index < -0.39 is 0 Å². The third-order valence-electron chi connectivity index (χ3n) is 2.56. The van der Waals surface area contributed by atoms with Crippen LogP contribution in [-0.2, 0) is 16.1 Å². The average molecular weight is 247 g/mol. The summed E-state index contributed by atoms with van der Waals surface area (Å²) < 4.78 is 5.23. The predicted octanol–water partition coefficient (Wildman–Crippen LogP) is 2.63. The number of carbonyl (C=O) groups excluding carboxylic acids is 1. The molecule has 0 saturated heterocycles. The van der Waals surface area contributed by atoms with E-state index in [1.165, 1.54) is 0 Å². The van der Waals surface area contributed by atoms with Crippen LogP contribution in [0.1, 0.15) is 18.9 Å². The highest BCUT2D eigenvalue weighted by atomic mass is 16.5. The largest absolute Gasteiger partial charge is 0.457 e. The minimum absolute atomic E-state index is 0.238. The maximum absolute atomic E-state index is 11.7. The van der Waals surface area contributed by atoms with Crippen LogP contribution in [0.3, 0.4) is 0 Å². The molecule has 0 spiro atoms. The van der Waals surface area contributed by atoms with Crippen LogP contribution in [0.4, 0.5) is 0 Å². The fourth-order valence-electron chi connectivity index (χ4n) is 1.46. The highest BCUT2D eigenvalue weighted by molar-refractivity contribution is 5.87. The van der Waals surface area contributed by atoms with E-state index in [4.69, 9.17) is 4.74 Å². The molecular weight excluding hydrogens is 226 g/mol. The topological polar surface area (TPSA) is 29.5 Å². The molecule has 3 heteroatoms. The Labute approximate surface area is 109 Å². The van der Waals surface area contributed by atoms with Gasteiger partial charge in [0.15, 0.2) is 0 Å². The first kappa shape index (κ1) is 14.5. The van der Waals surface area contributed by atoms with Crippen molar-refractivity contribution in [1.82, 2.24) is 4.90 Å². The van der Waals surface area contributed by atoms with E-state index in [1.807, 2.05) is 50.5 Å². The molecule has 0 bridgehead atoms. The molecule has 18 heavy (non-hydrogen) atoms. The van der Waals surface area contributed by atoms with Gasteiger partial charge in [0.1, 0.15) is 6.61 Å². The number of esters is 1. The van der Waals surface area contributed by atoms with E-state index in [-0.39, 0.29) is 5.97 Å². The van der Waals surface area contributed by atoms with Gasteiger partial charge >= 0.3 is 5.97 Å². The summed E-state index contributed by atoms with van der Waals surface area (Å²) in [5, 5.41) is 0. The van der Waals surface area contributed by atoms with Gasteiger partial charge in [-0.1, -0.05) is 36.4 Å². The summed E-state index contributed by atoms with van der Waals surface area (Å²) in [4.78, 5) is 13.8. The van der Waals surface area contributed by atoms with Crippen LogP contribution in [0.15, 0.2) is 42.0 Å². The van der Waals surface area contributed by atoms with Gasteiger partial charge in [-0.2, -0.15) is 0 Å². The average Bonchev–Trinajstić information content (AvgIpc) is 2.36. The number of benzene rings is 1. The summed E-state index contributed by atoms with van der Waals surface area (Å²) in [6.45, 7) is 3.06. The molecule has 0 atom stereocenters. The summed E-state index contributed by atoms with van der Waals surface area (Å²) in [7, 11) is 4.02. The molecule has 0 aromatic heterocycles. The first-order chi connectivity index (χ1) is 8.59. The first-order valence-electron chi connectivity index (χ1n) is 6.12. The first-order valence-corrected chi connectivity index (χ1v) is 6.12. The maximum atomic E-state index is 11.7. The van der Waals surface area contributed by atoms with Gasteiger partial charge < -0.3 is 9.64 Å². The van der Waals surface area contributed by atoms with Gasteiger partial charge in [0.2, 0.25) is 0 Å². The summed E-state index contributed by atoms with van der Waals surface area (Å²) in [5.74, 6) is -0.238. The second-order valence-electron chi connectivity index (χ2n) is 4.54. The molecule has 0 amide bonds. The van der Waals surface area contributed by atoms with Crippen molar-refractivity contribution in [2.24, 2.45) is 0 Å². The second-order valence-corrected chi connectivity index (χ2v) is 4.54. The Kier molecular flexibility index (Phi) is 6.15. The smallest absolute Gasteiger partial charge is 0.333 e. The van der Waals surface area contributed by atoms with Crippen LogP contribution >= 0.6 is 0 Å². The lowest BCUT2D eigenvalue weighted by Crippen LogP contribution is -2.12. The number of rotatable bonds is 6. The molecule has 1 aromatic carbocycles. The van der Waals surface area contributed by atoms with Crippen molar-refractivity contribution in [3.63, 3.8) is 0 Å². The molecule has 0 fully saturated rings. The Balaban J connectivity index is 2.36. The van der Waals surface area contributed by atoms with Crippen LogP contribution in [0, 0.1) is 0 Å². The Bertz CT molecular complexity index is 396. The summed E-state index contributed by atoms with van der Waals surface area (Å²) in [6.07, 6.45) is 2.78. The molecule has 0 unspecified atom stereocenters. The van der Waals surface area contributed by atoms with Crippen molar-refractivity contribution in [1.29, 1.82) is 0 Å². The third-order valence-corrected chi connectivity index (χ3v) is 2.56. The minimum Gasteiger partial charge on any atom is -0.457 e. The molecule has 0 aliphatic carbocycles. The fraction of sp³-hybridized carbons (Fsp3) is 0.400. The monoisotopic (exact) mass is 247 g/mol. The number of hydrogen-bond donors (Lipinski definition) is 0. The molecular formula is C15H21NO2. The Hall–Kier alpha value is -1.61. The number of carbonyl (C=O) groups is 1. The van der Waals surface area contributed by atoms with Crippen molar-refractivity contribution in [3.05, 3.63) is 47.5 Å². The maximum Gasteiger partial charge on any atom is 0.333 e. The van der Waals surface area contributed by atoms with Crippen LogP contribution in [0.2, 0.25) is 0 Å². The lowest BCUT2D eigenvalue weighted by Gasteiger charge is -2.07. The van der Waals surface area contributed by atoms with Gasteiger partial charge in [-0.15, -0.1) is 0 Å². The van der Waals surface area contributed by atoms with Gasteiger partial charge in [-0.3, -0.25) is 0 Å². The molecule has 0 aliphatic rings.